The van der Waals surface area contributed by atoms with Crippen molar-refractivity contribution in [2.45, 2.75) is 20.8 Å². The van der Waals surface area contributed by atoms with Crippen molar-refractivity contribution in [2.24, 2.45) is 0 Å². The molecule has 1 aromatic carbocycles. The molecular formula is C16H15ClN2O5S. The third kappa shape index (κ3) is 3.97. The van der Waals surface area contributed by atoms with Gasteiger partial charge in [-0.15, -0.1) is 11.3 Å². The molecule has 0 saturated heterocycles. The number of nitro groups is 1. The van der Waals surface area contributed by atoms with Crippen LogP contribution in [0.1, 0.15) is 37.4 Å². The van der Waals surface area contributed by atoms with Gasteiger partial charge in [-0.05, 0) is 38.5 Å². The van der Waals surface area contributed by atoms with Gasteiger partial charge in [0.2, 0.25) is 0 Å². The van der Waals surface area contributed by atoms with Crippen LogP contribution in [0.4, 0.5) is 11.4 Å². The van der Waals surface area contributed by atoms with Crippen molar-refractivity contribution in [3.63, 3.8) is 0 Å². The first kappa shape index (κ1) is 18.9. The van der Waals surface area contributed by atoms with Crippen molar-refractivity contribution in [3.05, 3.63) is 54.2 Å². The lowest BCUT2D eigenvalue weighted by atomic mass is 10.1. The number of halogens is 1. The first-order chi connectivity index (χ1) is 11.8. The Morgan fingerprint density at radius 2 is 2.04 bits per heavy atom. The van der Waals surface area contributed by atoms with Gasteiger partial charge in [0.05, 0.1) is 17.2 Å². The highest BCUT2D eigenvalue weighted by Gasteiger charge is 2.23. The Labute approximate surface area is 152 Å². The maximum Gasteiger partial charge on any atom is 0.350 e. The van der Waals surface area contributed by atoms with Crippen molar-refractivity contribution in [1.29, 1.82) is 0 Å². The van der Waals surface area contributed by atoms with Crippen LogP contribution in [0.2, 0.25) is 5.02 Å². The number of rotatable bonds is 5. The Morgan fingerprint density at radius 3 is 2.64 bits per heavy atom. The summed E-state index contributed by atoms with van der Waals surface area (Å²) in [4.78, 5) is 36.0. The first-order valence-corrected chi connectivity index (χ1v) is 8.48. The van der Waals surface area contributed by atoms with Gasteiger partial charge in [-0.1, -0.05) is 11.6 Å². The van der Waals surface area contributed by atoms with Crippen LogP contribution < -0.4 is 5.32 Å². The molecule has 1 amide bonds. The molecule has 1 aromatic heterocycles. The lowest BCUT2D eigenvalue weighted by Crippen LogP contribution is -2.15. The van der Waals surface area contributed by atoms with E-state index < -0.39 is 16.8 Å². The Morgan fingerprint density at radius 1 is 1.36 bits per heavy atom. The van der Waals surface area contributed by atoms with Crippen LogP contribution in [0, 0.1) is 24.0 Å². The van der Waals surface area contributed by atoms with E-state index in [4.69, 9.17) is 16.3 Å². The molecule has 1 heterocycles. The number of anilines is 1. The summed E-state index contributed by atoms with van der Waals surface area (Å²) < 4.78 is 5.00. The van der Waals surface area contributed by atoms with E-state index in [9.17, 15) is 19.7 Å². The standard InChI is InChI=1S/C16H15ClN2O5S/c1-4-24-16(21)14-13(8(2)9(3)25-14)18-15(20)10-5-6-11(17)12(7-10)19(22)23/h5-7H,4H2,1-3H3,(H,18,20). The van der Waals surface area contributed by atoms with Crippen molar-refractivity contribution in [1.82, 2.24) is 0 Å². The van der Waals surface area contributed by atoms with Crippen LogP contribution in [-0.4, -0.2) is 23.4 Å². The zero-order valence-electron chi connectivity index (χ0n) is 13.7. The summed E-state index contributed by atoms with van der Waals surface area (Å²) in [5.41, 5.74) is 0.792. The molecule has 0 aliphatic carbocycles. The molecule has 0 spiro atoms. The van der Waals surface area contributed by atoms with Crippen LogP contribution in [0.15, 0.2) is 18.2 Å². The summed E-state index contributed by atoms with van der Waals surface area (Å²) in [6.07, 6.45) is 0. The Bertz CT molecular complexity index is 862. The molecule has 7 nitrogen and oxygen atoms in total. The molecule has 0 bridgehead atoms. The second-order valence-corrected chi connectivity index (χ2v) is 6.72. The largest absolute Gasteiger partial charge is 0.462 e. The van der Waals surface area contributed by atoms with Gasteiger partial charge in [0.15, 0.2) is 0 Å². The average molecular weight is 383 g/mol. The fourth-order valence-corrected chi connectivity index (χ4v) is 3.29. The number of nitrogens with one attached hydrogen (secondary N) is 1. The molecule has 2 rings (SSSR count). The SMILES string of the molecule is CCOC(=O)c1sc(C)c(C)c1NC(=O)c1ccc(Cl)c([N+](=O)[O-])c1. The average Bonchev–Trinajstić information content (AvgIpc) is 2.83. The van der Waals surface area contributed by atoms with E-state index in [1.807, 2.05) is 6.92 Å². The monoisotopic (exact) mass is 382 g/mol. The molecule has 1 N–H and O–H groups in total. The first-order valence-electron chi connectivity index (χ1n) is 7.28. The zero-order chi connectivity index (χ0) is 18.7. The van der Waals surface area contributed by atoms with Crippen molar-refractivity contribution in [2.75, 3.05) is 11.9 Å². The Balaban J connectivity index is 2.37. The molecule has 0 saturated carbocycles. The number of carbonyl (C=O) groups excluding carboxylic acids is 2. The number of esters is 1. The van der Waals surface area contributed by atoms with Crippen LogP contribution in [-0.2, 0) is 4.74 Å². The van der Waals surface area contributed by atoms with Gasteiger partial charge in [-0.25, -0.2) is 4.79 Å². The van der Waals surface area contributed by atoms with Crippen molar-refractivity contribution in [3.8, 4) is 0 Å². The van der Waals surface area contributed by atoms with Gasteiger partial charge >= 0.3 is 5.97 Å². The van der Waals surface area contributed by atoms with Crippen LogP contribution in [0.25, 0.3) is 0 Å². The van der Waals surface area contributed by atoms with Gasteiger partial charge in [-0.2, -0.15) is 0 Å². The highest BCUT2D eigenvalue weighted by atomic mass is 35.5. The summed E-state index contributed by atoms with van der Waals surface area (Å²) in [5, 5.41) is 13.5. The highest BCUT2D eigenvalue weighted by Crippen LogP contribution is 2.33. The quantitative estimate of drug-likeness (QED) is 0.470. The van der Waals surface area contributed by atoms with Crippen LogP contribution in [0.3, 0.4) is 0 Å². The number of nitrogens with zero attached hydrogens (tertiary/aromatic N) is 1. The molecule has 0 atom stereocenters. The number of thiophene rings is 1. The summed E-state index contributed by atoms with van der Waals surface area (Å²) >= 11 is 6.97. The van der Waals surface area contributed by atoms with E-state index in [0.29, 0.717) is 5.69 Å². The smallest absolute Gasteiger partial charge is 0.350 e. The molecule has 0 aliphatic rings. The van der Waals surface area contributed by atoms with Gasteiger partial charge in [-0.3, -0.25) is 14.9 Å². The van der Waals surface area contributed by atoms with E-state index in [1.54, 1.807) is 13.8 Å². The van der Waals surface area contributed by atoms with Crippen molar-refractivity contribution < 1.29 is 19.2 Å². The molecule has 0 aliphatic heterocycles. The number of carbonyl (C=O) groups is 2. The molecule has 2 aromatic rings. The summed E-state index contributed by atoms with van der Waals surface area (Å²) in [7, 11) is 0. The maximum absolute atomic E-state index is 12.5. The lowest BCUT2D eigenvalue weighted by Gasteiger charge is -2.08. The second kappa shape index (κ2) is 7.62. The number of nitro benzene ring substituents is 1. The van der Waals surface area contributed by atoms with Gasteiger partial charge in [0.1, 0.15) is 9.90 Å². The van der Waals surface area contributed by atoms with E-state index in [-0.39, 0.29) is 27.8 Å². The lowest BCUT2D eigenvalue weighted by molar-refractivity contribution is -0.384. The molecule has 25 heavy (non-hydrogen) atoms. The Hall–Kier alpha value is -2.45. The fourth-order valence-electron chi connectivity index (χ4n) is 2.10. The maximum atomic E-state index is 12.5. The number of aryl methyl sites for hydroxylation is 1. The summed E-state index contributed by atoms with van der Waals surface area (Å²) in [6, 6.07) is 3.76. The normalized spacial score (nSPS) is 10.4. The summed E-state index contributed by atoms with van der Waals surface area (Å²) in [5.74, 6) is -1.10. The van der Waals surface area contributed by atoms with E-state index in [1.165, 1.54) is 23.5 Å². The van der Waals surface area contributed by atoms with Gasteiger partial charge in [0.25, 0.3) is 11.6 Å². The number of hydrogen-bond acceptors (Lipinski definition) is 6. The molecule has 0 fully saturated rings. The molecular weight excluding hydrogens is 368 g/mol. The van der Waals surface area contributed by atoms with Gasteiger partial charge in [0, 0.05) is 16.5 Å². The highest BCUT2D eigenvalue weighted by molar-refractivity contribution is 7.14. The minimum atomic E-state index is -0.664. The molecule has 0 unspecified atom stereocenters. The van der Waals surface area contributed by atoms with Crippen LogP contribution >= 0.6 is 22.9 Å². The fraction of sp³-hybridized carbons (Fsp3) is 0.250. The predicted molar refractivity (Wildman–Crippen MR) is 95.8 cm³/mol. The van der Waals surface area contributed by atoms with Crippen LogP contribution in [0.5, 0.6) is 0 Å². The molecule has 0 radical (unpaired) electrons. The van der Waals surface area contributed by atoms with E-state index in [0.717, 1.165) is 16.5 Å². The van der Waals surface area contributed by atoms with Gasteiger partial charge < -0.3 is 10.1 Å². The predicted octanol–water partition coefficient (Wildman–Crippen LogP) is 4.36. The third-order valence-corrected chi connectivity index (χ3v) is 5.00. The number of hydrogen-bond donors (Lipinski definition) is 1. The summed E-state index contributed by atoms with van der Waals surface area (Å²) in [6.45, 7) is 5.50. The third-order valence-electron chi connectivity index (χ3n) is 3.49. The number of ether oxygens (including phenoxy) is 1. The number of amides is 1. The molecule has 132 valence electrons. The van der Waals surface area contributed by atoms with Crippen molar-refractivity contribution >= 4 is 46.2 Å². The second-order valence-electron chi connectivity index (χ2n) is 5.09. The Kier molecular flexibility index (Phi) is 5.76. The minimum Gasteiger partial charge on any atom is -0.462 e. The number of benzene rings is 1. The minimum absolute atomic E-state index is 0.0590. The van der Waals surface area contributed by atoms with E-state index >= 15 is 0 Å². The topological polar surface area (TPSA) is 98.5 Å². The zero-order valence-corrected chi connectivity index (χ0v) is 15.3. The molecule has 9 heteroatoms. The van der Waals surface area contributed by atoms with E-state index in [2.05, 4.69) is 5.32 Å².